The number of rotatable bonds is 7. The van der Waals surface area contributed by atoms with Crippen molar-refractivity contribution in [3.05, 3.63) is 22.5 Å². The highest BCUT2D eigenvalue weighted by molar-refractivity contribution is 7.05. The second-order valence-corrected chi connectivity index (χ2v) is 5.87. The van der Waals surface area contributed by atoms with Gasteiger partial charge in [-0.2, -0.15) is 5.10 Å². The number of hydrogen-bond donors (Lipinski definition) is 1. The number of ether oxygens (including phenoxy) is 1. The fourth-order valence-corrected chi connectivity index (χ4v) is 3.29. The number of aryl methyl sites for hydroxylation is 1. The van der Waals surface area contributed by atoms with E-state index >= 15 is 0 Å². The van der Waals surface area contributed by atoms with Gasteiger partial charge in [0.25, 0.3) is 0 Å². The lowest BCUT2D eigenvalue weighted by molar-refractivity contribution is 0.399. The third-order valence-electron chi connectivity index (χ3n) is 3.40. The first-order valence-corrected chi connectivity index (χ1v) is 8.06. The zero-order chi connectivity index (χ0) is 15.4. The van der Waals surface area contributed by atoms with Gasteiger partial charge >= 0.3 is 0 Å². The predicted molar refractivity (Wildman–Crippen MR) is 84.0 cm³/mol. The molecule has 2 rings (SSSR count). The van der Waals surface area contributed by atoms with E-state index in [9.17, 15) is 0 Å². The molecule has 2 aromatic rings. The minimum atomic E-state index is 0.00444. The van der Waals surface area contributed by atoms with Crippen molar-refractivity contribution in [2.75, 3.05) is 13.7 Å². The first kappa shape index (κ1) is 15.9. The first-order valence-electron chi connectivity index (χ1n) is 7.29. The van der Waals surface area contributed by atoms with Crippen LogP contribution in [0.15, 0.2) is 6.20 Å². The Morgan fingerprint density at radius 2 is 2.14 bits per heavy atom. The van der Waals surface area contributed by atoms with Crippen LogP contribution >= 0.6 is 11.5 Å². The minimum Gasteiger partial charge on any atom is -0.493 e. The maximum Gasteiger partial charge on any atom is 0.161 e. The van der Waals surface area contributed by atoms with Crippen molar-refractivity contribution < 1.29 is 4.74 Å². The number of methoxy groups -OCH3 is 1. The molecular formula is C14H23N5OS. The van der Waals surface area contributed by atoms with Crippen LogP contribution in [0.25, 0.3) is 0 Å². The number of aromatic nitrogens is 4. The third kappa shape index (κ3) is 3.08. The Labute approximate surface area is 129 Å². The summed E-state index contributed by atoms with van der Waals surface area (Å²) < 4.78 is 11.6. The molecule has 1 atom stereocenters. The molecule has 1 unspecified atom stereocenters. The van der Waals surface area contributed by atoms with Crippen LogP contribution in [0.1, 0.15) is 55.9 Å². The SMILES string of the molecule is CCNC(c1snnc1C(C)C)c1c(OC)cnn1CC. The molecule has 0 spiro atoms. The minimum absolute atomic E-state index is 0.00444. The van der Waals surface area contributed by atoms with Gasteiger partial charge in [-0.3, -0.25) is 4.68 Å². The third-order valence-corrected chi connectivity index (χ3v) is 4.20. The van der Waals surface area contributed by atoms with E-state index in [4.69, 9.17) is 4.74 Å². The summed E-state index contributed by atoms with van der Waals surface area (Å²) in [5.41, 5.74) is 2.08. The van der Waals surface area contributed by atoms with Gasteiger partial charge in [-0.15, -0.1) is 5.10 Å². The van der Waals surface area contributed by atoms with Crippen molar-refractivity contribution in [1.82, 2.24) is 24.7 Å². The van der Waals surface area contributed by atoms with Crippen molar-refractivity contribution >= 4 is 11.5 Å². The first-order chi connectivity index (χ1) is 10.1. The van der Waals surface area contributed by atoms with E-state index in [-0.39, 0.29) is 6.04 Å². The number of nitrogens with zero attached hydrogens (tertiary/aromatic N) is 4. The van der Waals surface area contributed by atoms with Gasteiger partial charge in [0.05, 0.1) is 29.9 Å². The molecule has 1 N–H and O–H groups in total. The highest BCUT2D eigenvalue weighted by Gasteiger charge is 2.28. The normalized spacial score (nSPS) is 12.9. The summed E-state index contributed by atoms with van der Waals surface area (Å²) in [7, 11) is 1.68. The zero-order valence-electron chi connectivity index (χ0n) is 13.3. The molecule has 0 saturated carbocycles. The largest absolute Gasteiger partial charge is 0.493 e. The van der Waals surface area contributed by atoms with E-state index in [0.717, 1.165) is 35.1 Å². The maximum atomic E-state index is 5.49. The standard InChI is InChI=1S/C14H23N5OS/c1-6-15-12(14-11(9(3)4)17-18-21-14)13-10(20-5)8-16-19(13)7-2/h8-9,12,15H,6-7H2,1-5H3. The monoisotopic (exact) mass is 309 g/mol. The van der Waals surface area contributed by atoms with Crippen LogP contribution < -0.4 is 10.1 Å². The van der Waals surface area contributed by atoms with Crippen molar-refractivity contribution in [3.63, 3.8) is 0 Å². The summed E-state index contributed by atoms with van der Waals surface area (Å²) in [6.07, 6.45) is 1.77. The van der Waals surface area contributed by atoms with Gasteiger partial charge in [-0.1, -0.05) is 25.3 Å². The van der Waals surface area contributed by atoms with Gasteiger partial charge < -0.3 is 10.1 Å². The summed E-state index contributed by atoms with van der Waals surface area (Å²) in [6.45, 7) is 10.1. The van der Waals surface area contributed by atoms with Crippen molar-refractivity contribution in [3.8, 4) is 5.75 Å². The Balaban J connectivity index is 2.53. The molecule has 7 heteroatoms. The van der Waals surface area contributed by atoms with Crippen LogP contribution in [0, 0.1) is 0 Å². The number of hydrogen-bond acceptors (Lipinski definition) is 6. The van der Waals surface area contributed by atoms with Crippen LogP contribution in [0.3, 0.4) is 0 Å². The van der Waals surface area contributed by atoms with Crippen LogP contribution in [0.4, 0.5) is 0 Å². The molecule has 0 aliphatic carbocycles. The van der Waals surface area contributed by atoms with Crippen molar-refractivity contribution in [1.29, 1.82) is 0 Å². The number of nitrogens with one attached hydrogen (secondary N) is 1. The van der Waals surface area contributed by atoms with Crippen LogP contribution in [0.5, 0.6) is 5.75 Å². The van der Waals surface area contributed by atoms with E-state index in [1.54, 1.807) is 13.3 Å². The van der Waals surface area contributed by atoms with E-state index in [0.29, 0.717) is 5.92 Å². The Morgan fingerprint density at radius 3 is 2.71 bits per heavy atom. The average Bonchev–Trinajstić information content (AvgIpc) is 3.10. The summed E-state index contributed by atoms with van der Waals surface area (Å²) in [5.74, 6) is 1.13. The van der Waals surface area contributed by atoms with Crippen LogP contribution in [-0.2, 0) is 6.54 Å². The lowest BCUT2D eigenvalue weighted by Gasteiger charge is -2.20. The molecular weight excluding hydrogens is 286 g/mol. The van der Waals surface area contributed by atoms with Crippen molar-refractivity contribution in [2.24, 2.45) is 0 Å². The van der Waals surface area contributed by atoms with Gasteiger partial charge in [-0.05, 0) is 30.9 Å². The lowest BCUT2D eigenvalue weighted by Crippen LogP contribution is -2.25. The molecule has 0 aliphatic heterocycles. The molecule has 0 amide bonds. The highest BCUT2D eigenvalue weighted by Crippen LogP contribution is 2.35. The van der Waals surface area contributed by atoms with Gasteiger partial charge in [-0.25, -0.2) is 0 Å². The Morgan fingerprint density at radius 1 is 1.38 bits per heavy atom. The van der Waals surface area contributed by atoms with Crippen molar-refractivity contribution in [2.45, 2.75) is 46.2 Å². The molecule has 116 valence electrons. The Bertz CT molecular complexity index is 556. The van der Waals surface area contributed by atoms with Crippen LogP contribution in [0.2, 0.25) is 0 Å². The summed E-state index contributed by atoms with van der Waals surface area (Å²) >= 11 is 1.44. The molecule has 0 bridgehead atoms. The second kappa shape index (κ2) is 7.00. The molecule has 0 saturated heterocycles. The fourth-order valence-electron chi connectivity index (χ4n) is 2.40. The molecule has 0 radical (unpaired) electrons. The average molecular weight is 309 g/mol. The predicted octanol–water partition coefficient (Wildman–Crippen LogP) is 2.59. The summed E-state index contributed by atoms with van der Waals surface area (Å²) in [4.78, 5) is 1.14. The summed E-state index contributed by atoms with van der Waals surface area (Å²) in [6, 6.07) is 0.00444. The van der Waals surface area contributed by atoms with E-state index in [2.05, 4.69) is 47.7 Å². The Hall–Kier alpha value is -1.47. The molecule has 21 heavy (non-hydrogen) atoms. The molecule has 0 aromatic carbocycles. The van der Waals surface area contributed by atoms with Gasteiger partial charge in [0.15, 0.2) is 5.75 Å². The van der Waals surface area contributed by atoms with Gasteiger partial charge in [0, 0.05) is 6.54 Å². The molecule has 2 aromatic heterocycles. The summed E-state index contributed by atoms with van der Waals surface area (Å²) in [5, 5.41) is 12.2. The quantitative estimate of drug-likeness (QED) is 0.851. The topological polar surface area (TPSA) is 64.9 Å². The molecule has 2 heterocycles. The smallest absolute Gasteiger partial charge is 0.161 e. The molecule has 0 aliphatic rings. The lowest BCUT2D eigenvalue weighted by atomic mass is 10.0. The maximum absolute atomic E-state index is 5.49. The molecule has 6 nitrogen and oxygen atoms in total. The van der Waals surface area contributed by atoms with Crippen LogP contribution in [-0.4, -0.2) is 33.0 Å². The van der Waals surface area contributed by atoms with Gasteiger partial charge in [0.2, 0.25) is 0 Å². The highest BCUT2D eigenvalue weighted by atomic mass is 32.1. The molecule has 0 fully saturated rings. The fraction of sp³-hybridized carbons (Fsp3) is 0.643. The zero-order valence-corrected chi connectivity index (χ0v) is 14.1. The van der Waals surface area contributed by atoms with E-state index in [1.165, 1.54) is 11.5 Å². The van der Waals surface area contributed by atoms with Gasteiger partial charge in [0.1, 0.15) is 5.69 Å². The Kier molecular flexibility index (Phi) is 5.30. The van der Waals surface area contributed by atoms with E-state index < -0.39 is 0 Å². The van der Waals surface area contributed by atoms with E-state index in [1.807, 2.05) is 4.68 Å². The second-order valence-electron chi connectivity index (χ2n) is 5.08.